The van der Waals surface area contributed by atoms with Gasteiger partial charge in [-0.15, -0.1) is 0 Å². The first-order valence-electron chi connectivity index (χ1n) is 7.43. The van der Waals surface area contributed by atoms with E-state index < -0.39 is 15.8 Å². The van der Waals surface area contributed by atoms with Gasteiger partial charge in [-0.25, -0.2) is 12.8 Å². The molecule has 2 N–H and O–H groups in total. The second-order valence-electron chi connectivity index (χ2n) is 5.59. The Morgan fingerprint density at radius 1 is 1.32 bits per heavy atom. The van der Waals surface area contributed by atoms with Crippen LogP contribution in [0.1, 0.15) is 25.7 Å². The number of nitrogens with zero attached hydrogens (tertiary/aromatic N) is 1. The molecule has 1 fully saturated rings. The smallest absolute Gasteiger partial charge is 0.276 e. The summed E-state index contributed by atoms with van der Waals surface area (Å²) in [4.78, 5) is 0. The van der Waals surface area contributed by atoms with E-state index in [1.807, 2.05) is 0 Å². The summed E-state index contributed by atoms with van der Waals surface area (Å²) in [5.41, 5.74) is 5.96. The zero-order valence-electron chi connectivity index (χ0n) is 12.2. The van der Waals surface area contributed by atoms with Gasteiger partial charge < -0.3 is 10.2 Å². The number of sulfonamides is 1. The van der Waals surface area contributed by atoms with Gasteiger partial charge in [-0.2, -0.15) is 4.31 Å². The fourth-order valence-electron chi connectivity index (χ4n) is 3.00. The SMILES string of the molecule is NCCC1CCCCN1S(=O)(=O)c1cc2cc(F)ccc2o1. The third-order valence-electron chi connectivity index (χ3n) is 4.09. The molecule has 3 rings (SSSR count). The first-order valence-corrected chi connectivity index (χ1v) is 8.87. The molecule has 0 bridgehead atoms. The molecule has 0 aliphatic carbocycles. The first kappa shape index (κ1) is 15.5. The molecule has 1 aromatic carbocycles. The average molecular weight is 326 g/mol. The molecule has 1 aliphatic rings. The number of hydrogen-bond acceptors (Lipinski definition) is 4. The van der Waals surface area contributed by atoms with E-state index in [-0.39, 0.29) is 11.1 Å². The Balaban J connectivity index is 1.99. The Morgan fingerprint density at radius 3 is 2.91 bits per heavy atom. The number of rotatable bonds is 4. The third-order valence-corrected chi connectivity index (χ3v) is 5.90. The number of halogens is 1. The Morgan fingerprint density at radius 2 is 2.14 bits per heavy atom. The highest BCUT2D eigenvalue weighted by Crippen LogP contribution is 2.30. The molecule has 1 atom stereocenters. The van der Waals surface area contributed by atoms with Gasteiger partial charge in [-0.3, -0.25) is 0 Å². The maximum absolute atomic E-state index is 13.2. The summed E-state index contributed by atoms with van der Waals surface area (Å²) in [5, 5.41) is 0.322. The maximum Gasteiger partial charge on any atom is 0.276 e. The van der Waals surface area contributed by atoms with Crippen molar-refractivity contribution in [3.8, 4) is 0 Å². The molecule has 5 nitrogen and oxygen atoms in total. The molecular weight excluding hydrogens is 307 g/mol. The second kappa shape index (κ2) is 5.98. The van der Waals surface area contributed by atoms with Crippen LogP contribution in [0.15, 0.2) is 33.8 Å². The van der Waals surface area contributed by atoms with Crippen LogP contribution in [0.2, 0.25) is 0 Å². The lowest BCUT2D eigenvalue weighted by Crippen LogP contribution is -2.44. The van der Waals surface area contributed by atoms with E-state index in [2.05, 4.69) is 0 Å². The van der Waals surface area contributed by atoms with Crippen molar-refractivity contribution in [1.29, 1.82) is 0 Å². The van der Waals surface area contributed by atoms with Gasteiger partial charge in [-0.05, 0) is 44.0 Å². The van der Waals surface area contributed by atoms with E-state index in [9.17, 15) is 12.8 Å². The van der Waals surface area contributed by atoms with Gasteiger partial charge in [0, 0.05) is 24.0 Å². The maximum atomic E-state index is 13.2. The predicted octanol–water partition coefficient (Wildman–Crippen LogP) is 2.46. The molecule has 1 saturated heterocycles. The summed E-state index contributed by atoms with van der Waals surface area (Å²) >= 11 is 0. The molecule has 2 heterocycles. The van der Waals surface area contributed by atoms with Crippen LogP contribution in [-0.4, -0.2) is 31.9 Å². The highest BCUT2D eigenvalue weighted by molar-refractivity contribution is 7.89. The number of fused-ring (bicyclic) bond motifs is 1. The van der Waals surface area contributed by atoms with Crippen molar-refractivity contribution in [3.05, 3.63) is 30.1 Å². The van der Waals surface area contributed by atoms with Crippen molar-refractivity contribution in [2.45, 2.75) is 36.8 Å². The Labute approximate surface area is 128 Å². The van der Waals surface area contributed by atoms with E-state index >= 15 is 0 Å². The van der Waals surface area contributed by atoms with Gasteiger partial charge in [0.2, 0.25) is 5.09 Å². The Kier molecular flexibility index (Phi) is 4.20. The Bertz CT molecular complexity index is 770. The van der Waals surface area contributed by atoms with E-state index in [4.69, 9.17) is 10.2 Å². The molecule has 1 aliphatic heterocycles. The number of furan rings is 1. The van der Waals surface area contributed by atoms with Gasteiger partial charge in [0.25, 0.3) is 10.0 Å². The highest BCUT2D eigenvalue weighted by atomic mass is 32.2. The number of benzene rings is 1. The molecule has 0 spiro atoms. The van der Waals surface area contributed by atoms with Gasteiger partial charge in [0.1, 0.15) is 11.4 Å². The number of nitrogens with two attached hydrogens (primary N) is 1. The lowest BCUT2D eigenvalue weighted by molar-refractivity contribution is 0.238. The van der Waals surface area contributed by atoms with Gasteiger partial charge in [0.05, 0.1) is 0 Å². The van der Waals surface area contributed by atoms with Crippen LogP contribution in [0.5, 0.6) is 0 Å². The van der Waals surface area contributed by atoms with Gasteiger partial charge in [-0.1, -0.05) is 6.42 Å². The van der Waals surface area contributed by atoms with E-state index in [0.717, 1.165) is 19.3 Å². The zero-order valence-corrected chi connectivity index (χ0v) is 13.0. The van der Waals surface area contributed by atoms with Crippen molar-refractivity contribution in [2.75, 3.05) is 13.1 Å². The lowest BCUT2D eigenvalue weighted by atomic mass is 10.0. The summed E-state index contributed by atoms with van der Waals surface area (Å²) < 4.78 is 45.8. The summed E-state index contributed by atoms with van der Waals surface area (Å²) in [7, 11) is -3.72. The van der Waals surface area contributed by atoms with Crippen molar-refractivity contribution in [3.63, 3.8) is 0 Å². The molecule has 0 saturated carbocycles. The fourth-order valence-corrected chi connectivity index (χ4v) is 4.68. The van der Waals surface area contributed by atoms with E-state index in [1.54, 1.807) is 0 Å². The molecule has 7 heteroatoms. The zero-order chi connectivity index (χ0) is 15.7. The van der Waals surface area contributed by atoms with Crippen molar-refractivity contribution < 1.29 is 17.2 Å². The summed E-state index contributed by atoms with van der Waals surface area (Å²) in [5.74, 6) is -0.420. The van der Waals surface area contributed by atoms with Crippen LogP contribution in [-0.2, 0) is 10.0 Å². The van der Waals surface area contributed by atoms with Crippen molar-refractivity contribution in [2.24, 2.45) is 5.73 Å². The summed E-state index contributed by atoms with van der Waals surface area (Å²) in [6, 6.07) is 5.26. The van der Waals surface area contributed by atoms with Crippen LogP contribution in [0.4, 0.5) is 4.39 Å². The fraction of sp³-hybridized carbons (Fsp3) is 0.467. The van der Waals surface area contributed by atoms with Crippen LogP contribution < -0.4 is 5.73 Å². The molecule has 1 unspecified atom stereocenters. The largest absolute Gasteiger partial charge is 0.443 e. The highest BCUT2D eigenvalue weighted by Gasteiger charge is 2.35. The molecule has 0 radical (unpaired) electrons. The minimum absolute atomic E-state index is 0.0892. The summed E-state index contributed by atoms with van der Waals surface area (Å²) in [6.45, 7) is 0.917. The average Bonchev–Trinajstić information content (AvgIpc) is 2.92. The number of hydrogen-bond donors (Lipinski definition) is 1. The molecular formula is C15H19FN2O3S. The van der Waals surface area contributed by atoms with Crippen LogP contribution in [0.25, 0.3) is 11.0 Å². The third kappa shape index (κ3) is 2.76. The van der Waals surface area contributed by atoms with Crippen molar-refractivity contribution >= 4 is 21.0 Å². The van der Waals surface area contributed by atoms with Crippen LogP contribution >= 0.6 is 0 Å². The van der Waals surface area contributed by atoms with E-state index in [1.165, 1.54) is 28.6 Å². The van der Waals surface area contributed by atoms with Gasteiger partial charge >= 0.3 is 0 Å². The summed E-state index contributed by atoms with van der Waals surface area (Å²) in [6.07, 6.45) is 3.27. The van der Waals surface area contributed by atoms with Crippen LogP contribution in [0, 0.1) is 5.82 Å². The normalized spacial score (nSPS) is 20.5. The monoisotopic (exact) mass is 326 g/mol. The lowest BCUT2D eigenvalue weighted by Gasteiger charge is -2.33. The minimum atomic E-state index is -3.72. The van der Waals surface area contributed by atoms with Crippen molar-refractivity contribution in [1.82, 2.24) is 4.31 Å². The molecule has 0 amide bonds. The second-order valence-corrected chi connectivity index (χ2v) is 7.41. The predicted molar refractivity (Wildman–Crippen MR) is 81.4 cm³/mol. The van der Waals surface area contributed by atoms with Gasteiger partial charge in [0.15, 0.2) is 0 Å². The molecule has 2 aromatic rings. The quantitative estimate of drug-likeness (QED) is 0.936. The van der Waals surface area contributed by atoms with Crippen LogP contribution in [0.3, 0.4) is 0 Å². The first-order chi connectivity index (χ1) is 10.5. The number of piperidine rings is 1. The topological polar surface area (TPSA) is 76.5 Å². The Hall–Kier alpha value is -1.44. The molecule has 22 heavy (non-hydrogen) atoms. The molecule has 1 aromatic heterocycles. The van der Waals surface area contributed by atoms with E-state index in [0.29, 0.717) is 30.5 Å². The standard InChI is InChI=1S/C15H19FN2O3S/c16-12-4-5-14-11(9-12)10-15(21-14)22(19,20)18-8-2-1-3-13(18)6-7-17/h4-5,9-10,13H,1-3,6-8,17H2. The molecule has 120 valence electrons. The minimum Gasteiger partial charge on any atom is -0.443 e.